The molecule has 0 radical (unpaired) electrons. The lowest BCUT2D eigenvalue weighted by Crippen LogP contribution is -2.38. The molecule has 2 heterocycles. The van der Waals surface area contributed by atoms with Gasteiger partial charge in [0.1, 0.15) is 5.69 Å². The molecule has 3 rings (SSSR count). The van der Waals surface area contributed by atoms with Crippen LogP contribution in [0.2, 0.25) is 0 Å². The van der Waals surface area contributed by atoms with Gasteiger partial charge in [-0.05, 0) is 36.8 Å². The Morgan fingerprint density at radius 2 is 2.16 bits per heavy atom. The van der Waals surface area contributed by atoms with Gasteiger partial charge in [0.15, 0.2) is 0 Å². The smallest absolute Gasteiger partial charge is 0.270 e. The molecule has 1 saturated heterocycles. The third-order valence-corrected chi connectivity index (χ3v) is 4.60. The summed E-state index contributed by atoms with van der Waals surface area (Å²) in [5.74, 6) is 1.30. The highest BCUT2D eigenvalue weighted by atomic mass is 35.5. The first-order chi connectivity index (χ1) is 8.66. The first-order valence-electron chi connectivity index (χ1n) is 6.83. The van der Waals surface area contributed by atoms with E-state index in [1.807, 2.05) is 34.8 Å². The largest absolute Gasteiger partial charge is 0.347 e. The fraction of sp³-hybridized carbons (Fsp3) is 0.643. The molecule has 1 amide bonds. The van der Waals surface area contributed by atoms with Crippen molar-refractivity contribution < 1.29 is 4.79 Å². The molecule has 0 bridgehead atoms. The zero-order valence-corrected chi connectivity index (χ0v) is 12.1. The van der Waals surface area contributed by atoms with Gasteiger partial charge in [-0.2, -0.15) is 0 Å². The van der Waals surface area contributed by atoms with Crippen LogP contribution >= 0.6 is 12.4 Å². The zero-order valence-electron chi connectivity index (χ0n) is 11.3. The number of aromatic nitrogens is 1. The summed E-state index contributed by atoms with van der Waals surface area (Å²) in [5.41, 5.74) is 6.97. The van der Waals surface area contributed by atoms with Crippen LogP contribution in [0.4, 0.5) is 0 Å². The van der Waals surface area contributed by atoms with Gasteiger partial charge < -0.3 is 15.2 Å². The lowest BCUT2D eigenvalue weighted by Gasteiger charge is -2.29. The van der Waals surface area contributed by atoms with Gasteiger partial charge in [0.25, 0.3) is 5.91 Å². The van der Waals surface area contributed by atoms with Crippen LogP contribution in [0.15, 0.2) is 18.3 Å². The summed E-state index contributed by atoms with van der Waals surface area (Å²) in [5, 5.41) is 0. The van der Waals surface area contributed by atoms with E-state index in [2.05, 4.69) is 0 Å². The molecular formula is C14H22ClN3O. The van der Waals surface area contributed by atoms with Gasteiger partial charge >= 0.3 is 0 Å². The number of likely N-dealkylation sites (tertiary alicyclic amines) is 1. The van der Waals surface area contributed by atoms with Gasteiger partial charge in [0.2, 0.25) is 0 Å². The Bertz CT molecular complexity index is 459. The molecule has 1 saturated carbocycles. The van der Waals surface area contributed by atoms with Crippen molar-refractivity contribution >= 4 is 18.3 Å². The SMILES string of the molecule is Cl.Cn1cccc1C(=O)N1CC2CCCC(N)C2C1. The molecule has 19 heavy (non-hydrogen) atoms. The van der Waals surface area contributed by atoms with E-state index in [9.17, 15) is 4.79 Å². The van der Waals surface area contributed by atoms with Crippen LogP contribution in [0.1, 0.15) is 29.8 Å². The predicted octanol–water partition coefficient (Wildman–Crippen LogP) is 1.65. The van der Waals surface area contributed by atoms with Crippen LogP contribution in [0.5, 0.6) is 0 Å². The quantitative estimate of drug-likeness (QED) is 0.852. The molecule has 1 aliphatic carbocycles. The highest BCUT2D eigenvalue weighted by Gasteiger charge is 2.40. The van der Waals surface area contributed by atoms with E-state index in [0.29, 0.717) is 11.8 Å². The zero-order chi connectivity index (χ0) is 12.7. The van der Waals surface area contributed by atoms with Crippen molar-refractivity contribution in [3.8, 4) is 0 Å². The van der Waals surface area contributed by atoms with E-state index in [1.54, 1.807) is 0 Å². The fourth-order valence-electron chi connectivity index (χ4n) is 3.53. The van der Waals surface area contributed by atoms with Crippen molar-refractivity contribution in [1.82, 2.24) is 9.47 Å². The molecule has 5 heteroatoms. The standard InChI is InChI=1S/C14H21N3O.ClH/c1-16-7-3-6-13(16)14(18)17-8-10-4-2-5-12(15)11(10)9-17;/h3,6-7,10-12H,2,4-5,8-9,15H2,1H3;1H. The molecule has 2 N–H and O–H groups in total. The maximum atomic E-state index is 12.4. The minimum absolute atomic E-state index is 0. The van der Waals surface area contributed by atoms with Gasteiger partial charge in [0.05, 0.1) is 0 Å². The first-order valence-corrected chi connectivity index (χ1v) is 6.83. The molecule has 0 spiro atoms. The van der Waals surface area contributed by atoms with E-state index >= 15 is 0 Å². The molecule has 1 aromatic rings. The van der Waals surface area contributed by atoms with E-state index in [1.165, 1.54) is 12.8 Å². The van der Waals surface area contributed by atoms with Crippen LogP contribution in [0.3, 0.4) is 0 Å². The number of amides is 1. The molecule has 4 nitrogen and oxygen atoms in total. The third-order valence-electron chi connectivity index (χ3n) is 4.60. The number of halogens is 1. The van der Waals surface area contributed by atoms with E-state index < -0.39 is 0 Å². The normalized spacial score (nSPS) is 29.8. The van der Waals surface area contributed by atoms with Crippen LogP contribution in [0, 0.1) is 11.8 Å². The lowest BCUT2D eigenvalue weighted by atomic mass is 9.78. The minimum Gasteiger partial charge on any atom is -0.347 e. The van der Waals surface area contributed by atoms with Crippen molar-refractivity contribution in [2.24, 2.45) is 24.6 Å². The topological polar surface area (TPSA) is 51.3 Å². The lowest BCUT2D eigenvalue weighted by molar-refractivity contribution is 0.0774. The Balaban J connectivity index is 0.00000133. The number of hydrogen-bond acceptors (Lipinski definition) is 2. The molecule has 106 valence electrons. The minimum atomic E-state index is 0. The number of hydrogen-bond donors (Lipinski definition) is 1. The van der Waals surface area contributed by atoms with Crippen molar-refractivity contribution in [1.29, 1.82) is 0 Å². The maximum Gasteiger partial charge on any atom is 0.270 e. The number of rotatable bonds is 1. The summed E-state index contributed by atoms with van der Waals surface area (Å²) in [7, 11) is 1.92. The second kappa shape index (κ2) is 5.55. The van der Waals surface area contributed by atoms with Gasteiger partial charge in [-0.1, -0.05) is 6.42 Å². The summed E-state index contributed by atoms with van der Waals surface area (Å²) in [6.07, 6.45) is 5.49. The first kappa shape index (κ1) is 14.4. The molecule has 1 aromatic heterocycles. The van der Waals surface area contributed by atoms with Crippen molar-refractivity contribution in [3.05, 3.63) is 24.0 Å². The maximum absolute atomic E-state index is 12.4. The Labute approximate surface area is 120 Å². The van der Waals surface area contributed by atoms with Crippen molar-refractivity contribution in [2.75, 3.05) is 13.1 Å². The van der Waals surface area contributed by atoms with Crippen LogP contribution in [0.25, 0.3) is 0 Å². The number of fused-ring (bicyclic) bond motifs is 1. The summed E-state index contributed by atoms with van der Waals surface area (Å²) in [6.45, 7) is 1.73. The number of nitrogens with zero attached hydrogens (tertiary/aromatic N) is 2. The summed E-state index contributed by atoms with van der Waals surface area (Å²) < 4.78 is 1.89. The molecule has 2 fully saturated rings. The Kier molecular flexibility index (Phi) is 4.21. The second-order valence-corrected chi connectivity index (χ2v) is 5.73. The molecule has 2 aliphatic rings. The van der Waals surface area contributed by atoms with Gasteiger partial charge in [-0.3, -0.25) is 4.79 Å². The number of nitrogens with two attached hydrogens (primary N) is 1. The van der Waals surface area contributed by atoms with Gasteiger partial charge in [-0.25, -0.2) is 0 Å². The van der Waals surface area contributed by atoms with Crippen LogP contribution < -0.4 is 5.73 Å². The van der Waals surface area contributed by atoms with Crippen molar-refractivity contribution in [3.63, 3.8) is 0 Å². The number of carbonyl (C=O) groups excluding carboxylic acids is 1. The van der Waals surface area contributed by atoms with Crippen LogP contribution in [-0.2, 0) is 7.05 Å². The van der Waals surface area contributed by atoms with Gasteiger partial charge in [-0.15, -0.1) is 12.4 Å². The van der Waals surface area contributed by atoms with E-state index in [0.717, 1.165) is 25.2 Å². The molecule has 1 aliphatic heterocycles. The average molecular weight is 284 g/mol. The molecule has 3 atom stereocenters. The summed E-state index contributed by atoms with van der Waals surface area (Å²) >= 11 is 0. The highest BCUT2D eigenvalue weighted by Crippen LogP contribution is 2.35. The predicted molar refractivity (Wildman–Crippen MR) is 77.4 cm³/mol. The van der Waals surface area contributed by atoms with Crippen molar-refractivity contribution in [2.45, 2.75) is 25.3 Å². The summed E-state index contributed by atoms with van der Waals surface area (Å²) in [6, 6.07) is 4.10. The monoisotopic (exact) mass is 283 g/mol. The number of carbonyl (C=O) groups is 1. The second-order valence-electron chi connectivity index (χ2n) is 5.73. The van der Waals surface area contributed by atoms with E-state index in [4.69, 9.17) is 5.73 Å². The highest BCUT2D eigenvalue weighted by molar-refractivity contribution is 5.93. The Morgan fingerprint density at radius 3 is 2.79 bits per heavy atom. The fourth-order valence-corrected chi connectivity index (χ4v) is 3.53. The molecular weight excluding hydrogens is 262 g/mol. The Hall–Kier alpha value is -1.00. The molecule has 3 unspecified atom stereocenters. The number of aryl methyl sites for hydroxylation is 1. The Morgan fingerprint density at radius 1 is 1.37 bits per heavy atom. The molecule has 0 aromatic carbocycles. The average Bonchev–Trinajstić information content (AvgIpc) is 2.95. The third kappa shape index (κ3) is 2.51. The summed E-state index contributed by atoms with van der Waals surface area (Å²) in [4.78, 5) is 14.4. The van der Waals surface area contributed by atoms with Crippen LogP contribution in [-0.4, -0.2) is 34.5 Å². The van der Waals surface area contributed by atoms with Gasteiger partial charge in [0, 0.05) is 32.4 Å². The van der Waals surface area contributed by atoms with E-state index in [-0.39, 0.29) is 24.4 Å².